The third-order valence-corrected chi connectivity index (χ3v) is 3.42. The maximum Gasteiger partial charge on any atom is 0.227 e. The molecule has 0 atom stereocenters. The van der Waals surface area contributed by atoms with Crippen LogP contribution in [0.25, 0.3) is 11.4 Å². The third-order valence-electron chi connectivity index (χ3n) is 3.42. The second-order valence-electron chi connectivity index (χ2n) is 5.12. The summed E-state index contributed by atoms with van der Waals surface area (Å²) in [6.45, 7) is 8.29. The summed E-state index contributed by atoms with van der Waals surface area (Å²) in [5.41, 5.74) is 0.831. The van der Waals surface area contributed by atoms with Crippen LogP contribution in [-0.2, 0) is 11.2 Å². The van der Waals surface area contributed by atoms with Gasteiger partial charge in [0.05, 0.1) is 7.11 Å². The van der Waals surface area contributed by atoms with Crippen molar-refractivity contribution in [2.24, 2.45) is 0 Å². The summed E-state index contributed by atoms with van der Waals surface area (Å²) in [5, 5.41) is 3.95. The molecule has 2 aromatic rings. The maximum atomic E-state index is 12.2. The van der Waals surface area contributed by atoms with Crippen LogP contribution in [0.4, 0.5) is 0 Å². The molecule has 1 aromatic heterocycles. The van der Waals surface area contributed by atoms with Crippen molar-refractivity contribution in [3.05, 3.63) is 55.5 Å². The number of aryl methyl sites for hydroxylation is 1. The fourth-order valence-corrected chi connectivity index (χ4v) is 2.18. The lowest BCUT2D eigenvalue weighted by molar-refractivity contribution is -0.130. The van der Waals surface area contributed by atoms with E-state index in [1.54, 1.807) is 24.2 Å². The molecule has 1 aromatic carbocycles. The van der Waals surface area contributed by atoms with E-state index in [0.29, 0.717) is 37.6 Å². The molecule has 0 aliphatic rings. The Hall–Kier alpha value is -2.89. The molecule has 1 amide bonds. The Morgan fingerprint density at radius 2 is 1.92 bits per heavy atom. The molecule has 1 heterocycles. The largest absolute Gasteiger partial charge is 0.497 e. The topological polar surface area (TPSA) is 68.5 Å². The predicted molar refractivity (Wildman–Crippen MR) is 91.6 cm³/mol. The molecule has 6 heteroatoms. The van der Waals surface area contributed by atoms with Gasteiger partial charge in [-0.05, 0) is 24.3 Å². The Kier molecular flexibility index (Phi) is 6.31. The zero-order valence-corrected chi connectivity index (χ0v) is 13.8. The molecule has 0 fully saturated rings. The monoisotopic (exact) mass is 327 g/mol. The van der Waals surface area contributed by atoms with E-state index in [4.69, 9.17) is 9.26 Å². The van der Waals surface area contributed by atoms with Crippen molar-refractivity contribution in [3.63, 3.8) is 0 Å². The number of hydrogen-bond donors (Lipinski definition) is 0. The van der Waals surface area contributed by atoms with Gasteiger partial charge in [-0.15, -0.1) is 13.2 Å². The molecule has 0 spiro atoms. The fourth-order valence-electron chi connectivity index (χ4n) is 2.18. The highest BCUT2D eigenvalue weighted by Gasteiger charge is 2.14. The Balaban J connectivity index is 1.96. The van der Waals surface area contributed by atoms with Gasteiger partial charge < -0.3 is 14.2 Å². The molecule has 24 heavy (non-hydrogen) atoms. The quantitative estimate of drug-likeness (QED) is 0.662. The van der Waals surface area contributed by atoms with Gasteiger partial charge in [0.15, 0.2) is 0 Å². The molecule has 126 valence electrons. The number of hydrogen-bond acceptors (Lipinski definition) is 5. The highest BCUT2D eigenvalue weighted by atomic mass is 16.5. The molecule has 0 aliphatic heterocycles. The molecule has 0 aliphatic carbocycles. The first-order chi connectivity index (χ1) is 11.7. The Morgan fingerprint density at radius 1 is 1.25 bits per heavy atom. The summed E-state index contributed by atoms with van der Waals surface area (Å²) in [6.07, 6.45) is 4.07. The molecule has 0 radical (unpaired) electrons. The van der Waals surface area contributed by atoms with Crippen LogP contribution in [0.15, 0.2) is 54.1 Å². The van der Waals surface area contributed by atoms with Crippen molar-refractivity contribution in [1.82, 2.24) is 15.0 Å². The lowest BCUT2D eigenvalue weighted by Gasteiger charge is -2.18. The van der Waals surface area contributed by atoms with Crippen LogP contribution in [0.5, 0.6) is 5.75 Å². The van der Waals surface area contributed by atoms with E-state index in [1.165, 1.54) is 0 Å². The molecule has 0 bridgehead atoms. The second kappa shape index (κ2) is 8.67. The summed E-state index contributed by atoms with van der Waals surface area (Å²) in [4.78, 5) is 18.2. The van der Waals surface area contributed by atoms with Gasteiger partial charge in [0, 0.05) is 31.5 Å². The molecule has 6 nitrogen and oxygen atoms in total. The number of nitrogens with zero attached hydrogens (tertiary/aromatic N) is 3. The van der Waals surface area contributed by atoms with Crippen LogP contribution in [0.1, 0.15) is 12.3 Å². The van der Waals surface area contributed by atoms with Crippen LogP contribution >= 0.6 is 0 Å². The first-order valence-corrected chi connectivity index (χ1v) is 7.64. The number of carbonyl (C=O) groups excluding carboxylic acids is 1. The fraction of sp³-hybridized carbons (Fsp3) is 0.278. The number of methoxy groups -OCH3 is 1. The summed E-state index contributed by atoms with van der Waals surface area (Å²) < 4.78 is 10.3. The molecule has 0 N–H and O–H groups in total. The zero-order valence-electron chi connectivity index (χ0n) is 13.8. The van der Waals surface area contributed by atoms with E-state index in [9.17, 15) is 4.79 Å². The van der Waals surface area contributed by atoms with Crippen molar-refractivity contribution in [1.29, 1.82) is 0 Å². The van der Waals surface area contributed by atoms with Crippen LogP contribution in [0, 0.1) is 0 Å². The van der Waals surface area contributed by atoms with E-state index in [2.05, 4.69) is 23.3 Å². The van der Waals surface area contributed by atoms with Crippen LogP contribution < -0.4 is 4.74 Å². The molecule has 0 saturated carbocycles. The summed E-state index contributed by atoms with van der Waals surface area (Å²) in [7, 11) is 1.61. The molecule has 2 rings (SSSR count). The normalized spacial score (nSPS) is 10.2. The van der Waals surface area contributed by atoms with Gasteiger partial charge >= 0.3 is 0 Å². The summed E-state index contributed by atoms with van der Waals surface area (Å²) in [5.74, 6) is 1.69. The first kappa shape index (κ1) is 17.5. The van der Waals surface area contributed by atoms with Gasteiger partial charge in [-0.3, -0.25) is 4.79 Å². The van der Waals surface area contributed by atoms with Gasteiger partial charge in [0.1, 0.15) is 5.75 Å². The number of benzene rings is 1. The van der Waals surface area contributed by atoms with Crippen LogP contribution in [0.2, 0.25) is 0 Å². The first-order valence-electron chi connectivity index (χ1n) is 7.64. The number of aromatic nitrogens is 2. The molecule has 0 unspecified atom stereocenters. The number of amides is 1. The standard InChI is InChI=1S/C18H21N3O3/c1-4-12-21(13-5-2)17(22)11-10-16-19-18(20-24-16)14-6-8-15(23-3)9-7-14/h4-9H,1-2,10-13H2,3H3. The van der Waals surface area contributed by atoms with Gasteiger partial charge in [-0.2, -0.15) is 4.98 Å². The minimum Gasteiger partial charge on any atom is -0.497 e. The van der Waals surface area contributed by atoms with Gasteiger partial charge in [-0.25, -0.2) is 0 Å². The van der Waals surface area contributed by atoms with Crippen molar-refractivity contribution in [3.8, 4) is 17.1 Å². The zero-order chi connectivity index (χ0) is 17.4. The average Bonchev–Trinajstić information content (AvgIpc) is 3.08. The number of carbonyl (C=O) groups is 1. The Morgan fingerprint density at radius 3 is 2.50 bits per heavy atom. The van der Waals surface area contributed by atoms with Crippen molar-refractivity contribution in [2.75, 3.05) is 20.2 Å². The van der Waals surface area contributed by atoms with E-state index in [0.717, 1.165) is 11.3 Å². The van der Waals surface area contributed by atoms with Crippen molar-refractivity contribution >= 4 is 5.91 Å². The lowest BCUT2D eigenvalue weighted by atomic mass is 10.2. The van der Waals surface area contributed by atoms with Crippen molar-refractivity contribution in [2.45, 2.75) is 12.8 Å². The van der Waals surface area contributed by atoms with E-state index < -0.39 is 0 Å². The number of rotatable bonds is 9. The molecular formula is C18H21N3O3. The lowest BCUT2D eigenvalue weighted by Crippen LogP contribution is -2.31. The predicted octanol–water partition coefficient (Wildman–Crippen LogP) is 2.88. The average molecular weight is 327 g/mol. The summed E-state index contributed by atoms with van der Waals surface area (Å²) >= 11 is 0. The van der Waals surface area contributed by atoms with Crippen molar-refractivity contribution < 1.29 is 14.1 Å². The molecular weight excluding hydrogens is 306 g/mol. The van der Waals surface area contributed by atoms with Gasteiger partial charge in [0.2, 0.25) is 17.6 Å². The second-order valence-corrected chi connectivity index (χ2v) is 5.12. The highest BCUT2D eigenvalue weighted by molar-refractivity contribution is 5.76. The van der Waals surface area contributed by atoms with Crippen LogP contribution in [-0.4, -0.2) is 41.1 Å². The van der Waals surface area contributed by atoms with E-state index in [-0.39, 0.29) is 5.91 Å². The maximum absolute atomic E-state index is 12.2. The SMILES string of the molecule is C=CCN(CC=C)C(=O)CCc1nc(-c2ccc(OC)cc2)no1. The van der Waals surface area contributed by atoms with Crippen LogP contribution in [0.3, 0.4) is 0 Å². The minimum atomic E-state index is -0.000928. The Labute approximate surface area is 141 Å². The molecule has 0 saturated heterocycles. The smallest absolute Gasteiger partial charge is 0.227 e. The van der Waals surface area contributed by atoms with E-state index in [1.807, 2.05) is 24.3 Å². The van der Waals surface area contributed by atoms with E-state index >= 15 is 0 Å². The van der Waals surface area contributed by atoms with Gasteiger partial charge in [-0.1, -0.05) is 17.3 Å². The number of ether oxygens (including phenoxy) is 1. The summed E-state index contributed by atoms with van der Waals surface area (Å²) in [6, 6.07) is 7.37. The minimum absolute atomic E-state index is 0.000928. The Bertz CT molecular complexity index is 682. The highest BCUT2D eigenvalue weighted by Crippen LogP contribution is 2.20. The third kappa shape index (κ3) is 4.55. The van der Waals surface area contributed by atoms with Gasteiger partial charge in [0.25, 0.3) is 0 Å².